The number of anilines is 1. The van der Waals surface area contributed by atoms with Gasteiger partial charge in [0.25, 0.3) is 0 Å². The first-order chi connectivity index (χ1) is 9.48. The maximum absolute atomic E-state index is 12.2. The maximum atomic E-state index is 12.2. The fourth-order valence-electron chi connectivity index (χ4n) is 1.57. The second-order valence-corrected chi connectivity index (χ2v) is 6.40. The average Bonchev–Trinajstić information content (AvgIpc) is 2.33. The normalized spacial score (nSPS) is 12.6. The van der Waals surface area contributed by atoms with Crippen molar-refractivity contribution in [2.45, 2.75) is 45.5 Å². The van der Waals surface area contributed by atoms with Gasteiger partial charge in [0, 0.05) is 25.7 Å². The van der Waals surface area contributed by atoms with Crippen LogP contribution < -0.4 is 10.2 Å². The van der Waals surface area contributed by atoms with Crippen molar-refractivity contribution >= 4 is 17.4 Å². The highest BCUT2D eigenvalue weighted by Crippen LogP contribution is 2.23. The van der Waals surface area contributed by atoms with E-state index in [1.54, 1.807) is 19.2 Å². The summed E-state index contributed by atoms with van der Waals surface area (Å²) < 4.78 is 36.7. The Balaban J connectivity index is 2.76. The van der Waals surface area contributed by atoms with Crippen LogP contribution in [0.25, 0.3) is 0 Å². The molecule has 21 heavy (non-hydrogen) atoms. The van der Waals surface area contributed by atoms with Gasteiger partial charge in [0.1, 0.15) is 5.82 Å². The van der Waals surface area contributed by atoms with Gasteiger partial charge in [0.2, 0.25) is 0 Å². The number of nitrogens with zero attached hydrogens (tertiary/aromatic N) is 2. The van der Waals surface area contributed by atoms with E-state index in [0.29, 0.717) is 23.1 Å². The predicted molar refractivity (Wildman–Crippen MR) is 79.8 cm³/mol. The Kier molecular flexibility index (Phi) is 5.87. The van der Waals surface area contributed by atoms with E-state index in [1.165, 1.54) is 4.90 Å². The molecule has 1 heterocycles. The number of hydrogen-bond acceptors (Lipinski definition) is 3. The molecule has 0 aliphatic carbocycles. The number of aromatic nitrogens is 1. The molecule has 0 aromatic carbocycles. The molecule has 1 N–H and O–H groups in total. The van der Waals surface area contributed by atoms with Crippen LogP contribution in [0.2, 0.25) is 5.02 Å². The van der Waals surface area contributed by atoms with Gasteiger partial charge in [-0.3, -0.25) is 0 Å². The van der Waals surface area contributed by atoms with Gasteiger partial charge in [0.05, 0.1) is 17.1 Å². The molecule has 0 unspecified atom stereocenters. The predicted octanol–water partition coefficient (Wildman–Crippen LogP) is 4.01. The summed E-state index contributed by atoms with van der Waals surface area (Å²) in [6, 6.07) is 3.28. The Morgan fingerprint density at radius 1 is 1.24 bits per heavy atom. The number of halogens is 4. The summed E-state index contributed by atoms with van der Waals surface area (Å²) in [7, 11) is 1.59. The van der Waals surface area contributed by atoms with E-state index < -0.39 is 12.6 Å². The molecule has 1 aromatic heterocycles. The minimum Gasteiger partial charge on any atom is -0.359 e. The Bertz CT molecular complexity index is 470. The summed E-state index contributed by atoms with van der Waals surface area (Å²) in [4.78, 5) is 5.82. The molecule has 0 radical (unpaired) electrons. The summed E-state index contributed by atoms with van der Waals surface area (Å²) in [5.41, 5.74) is 0.534. The van der Waals surface area contributed by atoms with Gasteiger partial charge >= 0.3 is 6.18 Å². The Morgan fingerprint density at radius 3 is 2.38 bits per heavy atom. The molecule has 0 amide bonds. The van der Waals surface area contributed by atoms with Crippen molar-refractivity contribution in [3.05, 3.63) is 22.8 Å². The number of hydrogen-bond donors (Lipinski definition) is 1. The first kappa shape index (κ1) is 18.0. The van der Waals surface area contributed by atoms with Gasteiger partial charge in [-0.05, 0) is 32.9 Å². The molecule has 0 atom stereocenters. The highest BCUT2D eigenvalue weighted by Gasteiger charge is 2.27. The third-order valence-electron chi connectivity index (χ3n) is 2.81. The lowest BCUT2D eigenvalue weighted by Crippen LogP contribution is -2.35. The molecule has 120 valence electrons. The van der Waals surface area contributed by atoms with Crippen molar-refractivity contribution in [3.63, 3.8) is 0 Å². The molecule has 0 spiro atoms. The van der Waals surface area contributed by atoms with Gasteiger partial charge < -0.3 is 10.2 Å². The lowest BCUT2D eigenvalue weighted by molar-refractivity contribution is -0.132. The van der Waals surface area contributed by atoms with Crippen LogP contribution in [-0.4, -0.2) is 30.3 Å². The molecule has 0 saturated carbocycles. The monoisotopic (exact) mass is 323 g/mol. The van der Waals surface area contributed by atoms with Crippen molar-refractivity contribution in [3.8, 4) is 0 Å². The minimum atomic E-state index is -4.17. The van der Waals surface area contributed by atoms with Crippen molar-refractivity contribution in [2.75, 3.05) is 18.5 Å². The second kappa shape index (κ2) is 6.83. The second-order valence-electron chi connectivity index (χ2n) is 5.99. The Hall–Kier alpha value is -1.01. The number of rotatable bonds is 5. The zero-order chi connectivity index (χ0) is 16.3. The fourth-order valence-corrected chi connectivity index (χ4v) is 1.74. The topological polar surface area (TPSA) is 28.2 Å². The van der Waals surface area contributed by atoms with E-state index in [1.807, 2.05) is 20.8 Å². The Labute approximate surface area is 128 Å². The van der Waals surface area contributed by atoms with E-state index in [0.717, 1.165) is 0 Å². The zero-order valence-electron chi connectivity index (χ0n) is 12.7. The summed E-state index contributed by atoms with van der Waals surface area (Å²) in [5, 5.41) is 3.76. The molecule has 0 aliphatic rings. The molecule has 1 aromatic rings. The fraction of sp³-hybridized carbons (Fsp3) is 0.643. The van der Waals surface area contributed by atoms with Crippen molar-refractivity contribution in [1.82, 2.24) is 10.3 Å². The number of nitrogens with one attached hydrogen (secondary N) is 1. The average molecular weight is 324 g/mol. The smallest absolute Gasteiger partial charge is 0.359 e. The van der Waals surface area contributed by atoms with E-state index in [4.69, 9.17) is 11.6 Å². The zero-order valence-corrected chi connectivity index (χ0v) is 13.4. The van der Waals surface area contributed by atoms with E-state index in [9.17, 15) is 13.2 Å². The van der Waals surface area contributed by atoms with Crippen LogP contribution in [0.3, 0.4) is 0 Å². The molecule has 1 rings (SSSR count). The largest absolute Gasteiger partial charge is 0.390 e. The van der Waals surface area contributed by atoms with Crippen LogP contribution in [0.5, 0.6) is 0 Å². The summed E-state index contributed by atoms with van der Waals surface area (Å²) in [6.45, 7) is 6.37. The van der Waals surface area contributed by atoms with Crippen molar-refractivity contribution in [2.24, 2.45) is 0 Å². The first-order valence-corrected chi connectivity index (χ1v) is 7.04. The van der Waals surface area contributed by atoms with Gasteiger partial charge in [-0.25, -0.2) is 4.98 Å². The van der Waals surface area contributed by atoms with Gasteiger partial charge in [0.15, 0.2) is 0 Å². The van der Waals surface area contributed by atoms with Gasteiger partial charge in [-0.2, -0.15) is 13.2 Å². The molecule has 0 aliphatic heterocycles. The van der Waals surface area contributed by atoms with E-state index >= 15 is 0 Å². The van der Waals surface area contributed by atoms with Crippen molar-refractivity contribution in [1.29, 1.82) is 0 Å². The van der Waals surface area contributed by atoms with Crippen LogP contribution in [0.4, 0.5) is 19.0 Å². The highest BCUT2D eigenvalue weighted by molar-refractivity contribution is 6.31. The quantitative estimate of drug-likeness (QED) is 0.887. The molecule has 7 heteroatoms. The molecule has 3 nitrogen and oxygen atoms in total. The maximum Gasteiger partial charge on any atom is 0.390 e. The first-order valence-electron chi connectivity index (χ1n) is 6.66. The molecular formula is C14H21ClF3N3. The van der Waals surface area contributed by atoms with E-state index in [-0.39, 0.29) is 12.1 Å². The van der Waals surface area contributed by atoms with Crippen LogP contribution >= 0.6 is 11.6 Å². The van der Waals surface area contributed by atoms with E-state index in [2.05, 4.69) is 10.3 Å². The number of alkyl halides is 3. The third kappa shape index (κ3) is 7.00. The van der Waals surface area contributed by atoms with Crippen molar-refractivity contribution < 1.29 is 13.2 Å². The van der Waals surface area contributed by atoms with Crippen LogP contribution in [-0.2, 0) is 6.54 Å². The summed E-state index contributed by atoms with van der Waals surface area (Å²) >= 11 is 6.08. The highest BCUT2D eigenvalue weighted by atomic mass is 35.5. The van der Waals surface area contributed by atoms with Gasteiger partial charge in [-0.1, -0.05) is 11.6 Å². The lowest BCUT2D eigenvalue weighted by atomic mass is 10.1. The minimum absolute atomic E-state index is 0.0940. The Morgan fingerprint density at radius 2 is 1.86 bits per heavy atom. The lowest BCUT2D eigenvalue weighted by Gasteiger charge is -2.22. The number of pyridine rings is 1. The van der Waals surface area contributed by atoms with Crippen LogP contribution in [0.1, 0.15) is 32.9 Å². The molecule has 0 fully saturated rings. The third-order valence-corrected chi connectivity index (χ3v) is 3.16. The standard InChI is InChI=1S/C14H21ClF3N3/c1-13(2,3)19-9-11-10(15)5-6-12(20-11)21(4)8-7-14(16,17)18/h5-6,19H,7-9H2,1-4H3. The molecular weight excluding hydrogens is 303 g/mol. The SMILES string of the molecule is CN(CCC(F)(F)F)c1ccc(Cl)c(CNC(C)(C)C)n1. The van der Waals surface area contributed by atoms with Crippen LogP contribution in [0.15, 0.2) is 12.1 Å². The van der Waals surface area contributed by atoms with Crippen LogP contribution in [0, 0.1) is 0 Å². The summed E-state index contributed by atoms with van der Waals surface area (Å²) in [6.07, 6.45) is -5.04. The molecule has 0 bridgehead atoms. The van der Waals surface area contributed by atoms with Gasteiger partial charge in [-0.15, -0.1) is 0 Å². The summed E-state index contributed by atoms with van der Waals surface area (Å²) in [5.74, 6) is 0.481. The molecule has 0 saturated heterocycles.